The Bertz CT molecular complexity index is 1730. The minimum absolute atomic E-state index is 0.0414. The van der Waals surface area contributed by atoms with Crippen molar-refractivity contribution in [2.24, 2.45) is 0 Å². The number of nitrogens with one attached hydrogen (secondary N) is 1. The van der Waals surface area contributed by atoms with Crippen LogP contribution in [-0.2, 0) is 24.1 Å². The lowest BCUT2D eigenvalue weighted by Crippen LogP contribution is -2.41. The Hall–Kier alpha value is -4.79. The molecule has 15 heteroatoms. The number of nitrogens with zero attached hydrogens (tertiary/aromatic N) is 8. The molecule has 0 spiro atoms. The number of hydrogen-bond donors (Lipinski definition) is 2. The predicted octanol–water partition coefficient (Wildman–Crippen LogP) is 2.81. The first kappa shape index (κ1) is 25.5. The molecule has 0 saturated heterocycles. The molecule has 1 unspecified atom stereocenters. The molecule has 206 valence electrons. The molecule has 6 heterocycles. The lowest BCUT2D eigenvalue weighted by Gasteiger charge is -2.30. The van der Waals surface area contributed by atoms with Crippen molar-refractivity contribution in [2.75, 3.05) is 13.7 Å². The van der Waals surface area contributed by atoms with Crippen LogP contribution in [0.5, 0.6) is 5.75 Å². The van der Waals surface area contributed by atoms with Crippen LogP contribution in [-0.4, -0.2) is 68.8 Å². The van der Waals surface area contributed by atoms with Crippen molar-refractivity contribution in [3.63, 3.8) is 0 Å². The number of halogens is 3. The molecular weight excluding hydrogens is 531 g/mol. The Balaban J connectivity index is 1.34. The molecule has 0 bridgehead atoms. The Morgan fingerprint density at radius 1 is 1.20 bits per heavy atom. The van der Waals surface area contributed by atoms with Crippen LogP contribution in [0.15, 0.2) is 43.1 Å². The molecule has 2 N–H and O–H groups in total. The standard InChI is InChI=1S/C25H22F3N9O3/c1-13-32-12-37(34-13)23-19-18(16(40-2)10-31-23)14(9-30-19)21(38)24(39)35-7-8-36-17(11-35)33-22(25(26,27)28)20(36)15-5-3-4-6-29-15/h3-6,9-10,12,21,30,38H,7-8,11H2,1-2H3. The minimum atomic E-state index is -4.72. The molecule has 1 aliphatic heterocycles. The van der Waals surface area contributed by atoms with E-state index in [-0.39, 0.29) is 42.4 Å². The van der Waals surface area contributed by atoms with Crippen LogP contribution >= 0.6 is 0 Å². The Morgan fingerprint density at radius 2 is 2.02 bits per heavy atom. The molecule has 1 amide bonds. The van der Waals surface area contributed by atoms with Gasteiger partial charge in [-0.25, -0.2) is 19.6 Å². The van der Waals surface area contributed by atoms with Gasteiger partial charge < -0.3 is 24.3 Å². The average molecular weight is 554 g/mol. The van der Waals surface area contributed by atoms with Gasteiger partial charge in [0, 0.05) is 31.0 Å². The maximum Gasteiger partial charge on any atom is 0.435 e. The van der Waals surface area contributed by atoms with E-state index < -0.39 is 23.9 Å². The van der Waals surface area contributed by atoms with E-state index >= 15 is 0 Å². The highest BCUT2D eigenvalue weighted by atomic mass is 19.4. The van der Waals surface area contributed by atoms with E-state index in [1.165, 1.54) is 52.2 Å². The number of hydrogen-bond acceptors (Lipinski definition) is 8. The first-order valence-corrected chi connectivity index (χ1v) is 12.1. The van der Waals surface area contributed by atoms with Gasteiger partial charge in [0.2, 0.25) is 0 Å². The zero-order valence-corrected chi connectivity index (χ0v) is 21.2. The van der Waals surface area contributed by atoms with Gasteiger partial charge in [0.25, 0.3) is 5.91 Å². The van der Waals surface area contributed by atoms with Crippen LogP contribution < -0.4 is 4.74 Å². The van der Waals surface area contributed by atoms with Gasteiger partial charge in [0.1, 0.15) is 23.7 Å². The van der Waals surface area contributed by atoms with Gasteiger partial charge in [-0.15, -0.1) is 0 Å². The third kappa shape index (κ3) is 4.14. The molecule has 12 nitrogen and oxygen atoms in total. The van der Waals surface area contributed by atoms with Gasteiger partial charge in [-0.2, -0.15) is 18.3 Å². The van der Waals surface area contributed by atoms with E-state index in [4.69, 9.17) is 4.74 Å². The predicted molar refractivity (Wildman–Crippen MR) is 133 cm³/mol. The van der Waals surface area contributed by atoms with Crippen LogP contribution in [0.4, 0.5) is 13.2 Å². The summed E-state index contributed by atoms with van der Waals surface area (Å²) in [7, 11) is 1.43. The molecule has 0 aliphatic carbocycles. The molecule has 0 fully saturated rings. The highest BCUT2D eigenvalue weighted by molar-refractivity contribution is 5.97. The minimum Gasteiger partial charge on any atom is -0.494 e. The number of aliphatic hydroxyl groups is 1. The number of aliphatic hydroxyl groups excluding tert-OH is 1. The Kier molecular flexibility index (Phi) is 6.02. The topological polar surface area (TPSA) is 140 Å². The summed E-state index contributed by atoms with van der Waals surface area (Å²) in [5.41, 5.74) is -0.418. The van der Waals surface area contributed by atoms with E-state index in [1.54, 1.807) is 19.1 Å². The molecule has 0 saturated carbocycles. The zero-order valence-electron chi connectivity index (χ0n) is 21.2. The molecule has 1 atom stereocenters. The number of alkyl halides is 3. The quantitative estimate of drug-likeness (QED) is 0.339. The number of methoxy groups -OCH3 is 1. The van der Waals surface area contributed by atoms with E-state index in [2.05, 4.69) is 30.0 Å². The normalized spacial score (nSPS) is 14.4. The van der Waals surface area contributed by atoms with E-state index in [9.17, 15) is 23.1 Å². The van der Waals surface area contributed by atoms with Crippen molar-refractivity contribution in [2.45, 2.75) is 32.3 Å². The maximum absolute atomic E-state index is 13.9. The molecular formula is C25H22F3N9O3. The molecule has 5 aromatic heterocycles. The van der Waals surface area contributed by atoms with E-state index in [1.807, 2.05) is 0 Å². The summed E-state index contributed by atoms with van der Waals surface area (Å²) in [6, 6.07) is 4.69. The fraction of sp³-hybridized carbons (Fsp3) is 0.280. The van der Waals surface area contributed by atoms with Gasteiger partial charge in [-0.3, -0.25) is 9.78 Å². The molecule has 6 rings (SSSR count). The highest BCUT2D eigenvalue weighted by Gasteiger charge is 2.41. The number of H-pyrrole nitrogens is 1. The summed E-state index contributed by atoms with van der Waals surface area (Å²) in [4.78, 5) is 34.2. The third-order valence-corrected chi connectivity index (χ3v) is 6.72. The second kappa shape index (κ2) is 9.44. The number of amides is 1. The monoisotopic (exact) mass is 553 g/mol. The summed E-state index contributed by atoms with van der Waals surface area (Å²) in [6.07, 6.45) is -0.564. The van der Waals surface area contributed by atoms with Gasteiger partial charge in [0.15, 0.2) is 17.6 Å². The first-order valence-electron chi connectivity index (χ1n) is 12.1. The number of rotatable bonds is 5. The molecule has 5 aromatic rings. The summed E-state index contributed by atoms with van der Waals surface area (Å²) < 4.78 is 50.1. The molecule has 1 aliphatic rings. The number of fused-ring (bicyclic) bond motifs is 2. The van der Waals surface area contributed by atoms with Crippen molar-refractivity contribution >= 4 is 16.8 Å². The number of ether oxygens (including phenoxy) is 1. The fourth-order valence-electron chi connectivity index (χ4n) is 4.91. The van der Waals surface area contributed by atoms with Gasteiger partial charge in [-0.1, -0.05) is 6.07 Å². The van der Waals surface area contributed by atoms with Crippen LogP contribution in [0.1, 0.15) is 29.0 Å². The van der Waals surface area contributed by atoms with Gasteiger partial charge in [0.05, 0.1) is 42.1 Å². The van der Waals surface area contributed by atoms with Crippen LogP contribution in [0.25, 0.3) is 28.1 Å². The summed E-state index contributed by atoms with van der Waals surface area (Å²) in [5.74, 6) is 0.562. The number of imidazole rings is 1. The Labute approximate surface area is 224 Å². The SMILES string of the molecule is COc1cnc(-n2cnc(C)n2)c2[nH]cc(C(O)C(=O)N3CCn4c(nc(C(F)(F)F)c4-c4ccccn4)C3)c12. The van der Waals surface area contributed by atoms with E-state index in [0.29, 0.717) is 28.3 Å². The van der Waals surface area contributed by atoms with Crippen LogP contribution in [0.2, 0.25) is 0 Å². The number of aromatic nitrogens is 8. The van der Waals surface area contributed by atoms with Crippen molar-refractivity contribution in [1.29, 1.82) is 0 Å². The third-order valence-electron chi connectivity index (χ3n) is 6.72. The second-order valence-corrected chi connectivity index (χ2v) is 9.13. The van der Waals surface area contributed by atoms with Crippen LogP contribution in [0, 0.1) is 6.92 Å². The summed E-state index contributed by atoms with van der Waals surface area (Å²) in [5, 5.41) is 15.9. The fourth-order valence-corrected chi connectivity index (χ4v) is 4.91. The number of carbonyl (C=O) groups excluding carboxylic acids is 1. The Morgan fingerprint density at radius 3 is 2.70 bits per heavy atom. The molecule has 0 radical (unpaired) electrons. The first-order chi connectivity index (χ1) is 19.2. The number of aromatic amines is 1. The molecule has 40 heavy (non-hydrogen) atoms. The maximum atomic E-state index is 13.9. The van der Waals surface area contributed by atoms with E-state index in [0.717, 1.165) is 0 Å². The largest absolute Gasteiger partial charge is 0.494 e. The van der Waals surface area contributed by atoms with Crippen molar-refractivity contribution in [1.82, 2.24) is 44.2 Å². The number of aryl methyl sites for hydroxylation is 1. The highest BCUT2D eigenvalue weighted by Crippen LogP contribution is 2.39. The lowest BCUT2D eigenvalue weighted by molar-refractivity contribution is -0.142. The van der Waals surface area contributed by atoms with Gasteiger partial charge in [-0.05, 0) is 19.1 Å². The molecule has 0 aromatic carbocycles. The van der Waals surface area contributed by atoms with Crippen LogP contribution in [0.3, 0.4) is 0 Å². The smallest absolute Gasteiger partial charge is 0.435 e. The van der Waals surface area contributed by atoms with Crippen molar-refractivity contribution < 1.29 is 27.8 Å². The average Bonchev–Trinajstić information content (AvgIpc) is 3.68. The van der Waals surface area contributed by atoms with Crippen molar-refractivity contribution in [3.8, 4) is 23.0 Å². The van der Waals surface area contributed by atoms with Gasteiger partial charge >= 0.3 is 6.18 Å². The number of pyridine rings is 2. The summed E-state index contributed by atoms with van der Waals surface area (Å²) in [6.45, 7) is 1.59. The zero-order chi connectivity index (χ0) is 28.2. The lowest BCUT2D eigenvalue weighted by atomic mass is 10.1. The number of carbonyl (C=O) groups is 1. The van der Waals surface area contributed by atoms with Crippen molar-refractivity contribution in [3.05, 3.63) is 66.0 Å². The summed E-state index contributed by atoms with van der Waals surface area (Å²) >= 11 is 0. The second-order valence-electron chi connectivity index (χ2n) is 9.13.